The van der Waals surface area contributed by atoms with Crippen LogP contribution in [0.4, 0.5) is 10.5 Å². The van der Waals surface area contributed by atoms with Crippen LogP contribution in [0.1, 0.15) is 15.9 Å². The number of methoxy groups -OCH3 is 1. The third-order valence-corrected chi connectivity index (χ3v) is 4.46. The lowest BCUT2D eigenvalue weighted by Crippen LogP contribution is -2.51. The highest BCUT2D eigenvalue weighted by Gasteiger charge is 2.26. The van der Waals surface area contributed by atoms with Gasteiger partial charge in [0.05, 0.1) is 12.7 Å². The molecule has 3 amide bonds. The van der Waals surface area contributed by atoms with E-state index in [9.17, 15) is 9.59 Å². The van der Waals surface area contributed by atoms with Crippen LogP contribution < -0.4 is 10.1 Å². The molecule has 1 fully saturated rings. The zero-order valence-corrected chi connectivity index (χ0v) is 15.1. The molecule has 2 aromatic carbocycles. The maximum atomic E-state index is 12.7. The van der Waals surface area contributed by atoms with E-state index in [1.165, 1.54) is 0 Å². The van der Waals surface area contributed by atoms with Crippen molar-refractivity contribution < 1.29 is 14.3 Å². The fourth-order valence-electron chi connectivity index (χ4n) is 3.03. The van der Waals surface area contributed by atoms with Crippen LogP contribution in [0.5, 0.6) is 5.75 Å². The smallest absolute Gasteiger partial charge is 0.321 e. The second-order valence-corrected chi connectivity index (χ2v) is 6.28. The van der Waals surface area contributed by atoms with Gasteiger partial charge < -0.3 is 19.9 Å². The molecule has 1 N–H and O–H groups in total. The number of ether oxygens (including phenoxy) is 1. The molecule has 26 heavy (non-hydrogen) atoms. The van der Waals surface area contributed by atoms with E-state index < -0.39 is 0 Å². The number of amides is 3. The summed E-state index contributed by atoms with van der Waals surface area (Å²) in [5.74, 6) is 0.498. The number of benzene rings is 2. The normalized spacial score (nSPS) is 14.1. The number of aryl methyl sites for hydroxylation is 1. The molecule has 2 aromatic rings. The number of hydrogen-bond donors (Lipinski definition) is 1. The van der Waals surface area contributed by atoms with E-state index in [-0.39, 0.29) is 11.9 Å². The van der Waals surface area contributed by atoms with Gasteiger partial charge in [0, 0.05) is 31.9 Å². The topological polar surface area (TPSA) is 61.9 Å². The summed E-state index contributed by atoms with van der Waals surface area (Å²) in [7, 11) is 1.56. The van der Waals surface area contributed by atoms with E-state index >= 15 is 0 Å². The Morgan fingerprint density at radius 3 is 2.35 bits per heavy atom. The lowest BCUT2D eigenvalue weighted by molar-refractivity contribution is 0.0668. The highest BCUT2D eigenvalue weighted by atomic mass is 16.5. The fraction of sp³-hybridized carbons (Fsp3) is 0.300. The molecule has 1 aliphatic heterocycles. The van der Waals surface area contributed by atoms with Crippen LogP contribution in [-0.2, 0) is 0 Å². The fourth-order valence-corrected chi connectivity index (χ4v) is 3.03. The van der Waals surface area contributed by atoms with E-state index in [1.54, 1.807) is 29.0 Å². The molecular weight excluding hydrogens is 330 g/mol. The van der Waals surface area contributed by atoms with E-state index in [0.29, 0.717) is 37.5 Å². The van der Waals surface area contributed by atoms with Gasteiger partial charge in [0.1, 0.15) is 5.75 Å². The van der Waals surface area contributed by atoms with Gasteiger partial charge in [-0.2, -0.15) is 0 Å². The number of para-hydroxylation sites is 1. The minimum absolute atomic E-state index is 0.0683. The summed E-state index contributed by atoms with van der Waals surface area (Å²) in [6, 6.07) is 14.7. The van der Waals surface area contributed by atoms with Crippen molar-refractivity contribution in [2.24, 2.45) is 0 Å². The number of anilines is 1. The minimum Gasteiger partial charge on any atom is -0.496 e. The van der Waals surface area contributed by atoms with Crippen LogP contribution >= 0.6 is 0 Å². The monoisotopic (exact) mass is 353 g/mol. The number of urea groups is 1. The number of piperazine rings is 1. The molecule has 0 aliphatic carbocycles. The molecule has 6 heteroatoms. The molecule has 0 unspecified atom stereocenters. The summed E-state index contributed by atoms with van der Waals surface area (Å²) in [4.78, 5) is 28.6. The van der Waals surface area contributed by atoms with Crippen molar-refractivity contribution in [1.29, 1.82) is 0 Å². The van der Waals surface area contributed by atoms with Crippen molar-refractivity contribution in [3.8, 4) is 5.75 Å². The van der Waals surface area contributed by atoms with Gasteiger partial charge >= 0.3 is 6.03 Å². The zero-order valence-electron chi connectivity index (χ0n) is 15.1. The molecule has 6 nitrogen and oxygen atoms in total. The molecule has 0 atom stereocenters. The third-order valence-electron chi connectivity index (χ3n) is 4.46. The lowest BCUT2D eigenvalue weighted by Gasteiger charge is -2.35. The Bertz CT molecular complexity index is 798. The zero-order chi connectivity index (χ0) is 18.5. The number of rotatable bonds is 3. The first-order valence-corrected chi connectivity index (χ1v) is 8.63. The molecule has 0 saturated carbocycles. The van der Waals surface area contributed by atoms with E-state index in [1.807, 2.05) is 43.3 Å². The number of nitrogens with one attached hydrogen (secondary N) is 1. The Morgan fingerprint density at radius 1 is 0.962 bits per heavy atom. The molecule has 0 aromatic heterocycles. The molecule has 0 spiro atoms. The predicted molar refractivity (Wildman–Crippen MR) is 101 cm³/mol. The molecule has 0 radical (unpaired) electrons. The Hall–Kier alpha value is -3.02. The Kier molecular flexibility index (Phi) is 5.41. The van der Waals surface area contributed by atoms with E-state index in [4.69, 9.17) is 4.74 Å². The SMILES string of the molecule is COc1ccccc1C(=O)N1CCN(C(=O)Nc2cccc(C)c2)CC1. The maximum Gasteiger partial charge on any atom is 0.321 e. The first-order chi connectivity index (χ1) is 12.6. The van der Waals surface area contributed by atoms with Crippen LogP contribution in [0.3, 0.4) is 0 Å². The van der Waals surface area contributed by atoms with Crippen molar-refractivity contribution in [3.05, 3.63) is 59.7 Å². The third kappa shape index (κ3) is 3.96. The van der Waals surface area contributed by atoms with Crippen LogP contribution in [0.2, 0.25) is 0 Å². The molecule has 0 bridgehead atoms. The van der Waals surface area contributed by atoms with Gasteiger partial charge in [0.2, 0.25) is 0 Å². The first-order valence-electron chi connectivity index (χ1n) is 8.63. The van der Waals surface area contributed by atoms with Crippen molar-refractivity contribution in [2.75, 3.05) is 38.6 Å². The van der Waals surface area contributed by atoms with Crippen LogP contribution in [0.15, 0.2) is 48.5 Å². The Balaban J connectivity index is 1.58. The van der Waals surface area contributed by atoms with Crippen LogP contribution in [0, 0.1) is 6.92 Å². The molecule has 136 valence electrons. The summed E-state index contributed by atoms with van der Waals surface area (Å²) in [6.07, 6.45) is 0. The van der Waals surface area contributed by atoms with Gasteiger partial charge in [-0.3, -0.25) is 4.79 Å². The molecule has 1 heterocycles. The van der Waals surface area contributed by atoms with Gasteiger partial charge in [-0.1, -0.05) is 24.3 Å². The average Bonchev–Trinajstić information content (AvgIpc) is 2.67. The summed E-state index contributed by atoms with van der Waals surface area (Å²) < 4.78 is 5.27. The van der Waals surface area contributed by atoms with Gasteiger partial charge in [0.15, 0.2) is 0 Å². The van der Waals surface area contributed by atoms with Crippen LogP contribution in [0.25, 0.3) is 0 Å². The van der Waals surface area contributed by atoms with Gasteiger partial charge in [0.25, 0.3) is 5.91 Å². The van der Waals surface area contributed by atoms with Gasteiger partial charge in [-0.05, 0) is 36.8 Å². The molecule has 1 saturated heterocycles. The summed E-state index contributed by atoms with van der Waals surface area (Å²) >= 11 is 0. The minimum atomic E-state index is -0.139. The summed E-state index contributed by atoms with van der Waals surface area (Å²) in [6.45, 7) is 3.98. The predicted octanol–water partition coefficient (Wildman–Crippen LogP) is 2.99. The second-order valence-electron chi connectivity index (χ2n) is 6.28. The van der Waals surface area contributed by atoms with E-state index in [2.05, 4.69) is 5.32 Å². The largest absolute Gasteiger partial charge is 0.496 e. The Labute approximate surface area is 153 Å². The van der Waals surface area contributed by atoms with Crippen LogP contribution in [-0.4, -0.2) is 55.0 Å². The quantitative estimate of drug-likeness (QED) is 0.923. The molecular formula is C20H23N3O3. The standard InChI is InChI=1S/C20H23N3O3/c1-15-6-5-7-16(14-15)21-20(25)23-12-10-22(11-13-23)19(24)17-8-3-4-9-18(17)26-2/h3-9,14H,10-13H2,1-2H3,(H,21,25). The number of hydrogen-bond acceptors (Lipinski definition) is 3. The number of carbonyl (C=O) groups excluding carboxylic acids is 2. The number of carbonyl (C=O) groups is 2. The van der Waals surface area contributed by atoms with Gasteiger partial charge in [-0.25, -0.2) is 4.79 Å². The van der Waals surface area contributed by atoms with Gasteiger partial charge in [-0.15, -0.1) is 0 Å². The molecule has 1 aliphatic rings. The van der Waals surface area contributed by atoms with Crippen molar-refractivity contribution in [3.63, 3.8) is 0 Å². The maximum absolute atomic E-state index is 12.7. The highest BCUT2D eigenvalue weighted by Crippen LogP contribution is 2.20. The van der Waals surface area contributed by atoms with Crippen molar-refractivity contribution in [2.45, 2.75) is 6.92 Å². The Morgan fingerprint density at radius 2 is 1.65 bits per heavy atom. The second kappa shape index (κ2) is 7.91. The highest BCUT2D eigenvalue weighted by molar-refractivity contribution is 5.97. The lowest BCUT2D eigenvalue weighted by atomic mass is 10.1. The van der Waals surface area contributed by atoms with Crippen molar-refractivity contribution >= 4 is 17.6 Å². The first kappa shape index (κ1) is 17.8. The molecule has 3 rings (SSSR count). The summed E-state index contributed by atoms with van der Waals surface area (Å²) in [5, 5.41) is 2.91. The van der Waals surface area contributed by atoms with E-state index in [0.717, 1.165) is 11.3 Å². The number of nitrogens with zero attached hydrogens (tertiary/aromatic N) is 2. The average molecular weight is 353 g/mol. The van der Waals surface area contributed by atoms with Crippen molar-refractivity contribution in [1.82, 2.24) is 9.80 Å². The summed E-state index contributed by atoms with van der Waals surface area (Å²) in [5.41, 5.74) is 2.42.